The molecule has 0 radical (unpaired) electrons. The lowest BCUT2D eigenvalue weighted by molar-refractivity contribution is 0.00768. The molecule has 7 nitrogen and oxygen atoms in total. The summed E-state index contributed by atoms with van der Waals surface area (Å²) < 4.78 is 12.5. The normalized spacial score (nSPS) is 23.6. The van der Waals surface area contributed by atoms with E-state index >= 15 is 0 Å². The number of rotatable bonds is 3. The molecule has 3 heterocycles. The van der Waals surface area contributed by atoms with Gasteiger partial charge >= 0.3 is 0 Å². The summed E-state index contributed by atoms with van der Waals surface area (Å²) in [6.07, 6.45) is 5.24. The summed E-state index contributed by atoms with van der Waals surface area (Å²) in [5, 5.41) is 8.06. The Labute approximate surface area is 104 Å². The summed E-state index contributed by atoms with van der Waals surface area (Å²) in [6, 6.07) is 0. The monoisotopic (exact) mass is 249 g/mol. The van der Waals surface area contributed by atoms with Crippen LogP contribution in [0.3, 0.4) is 0 Å². The molecular weight excluding hydrogens is 234 g/mol. The van der Waals surface area contributed by atoms with Crippen LogP contribution in [-0.2, 0) is 16.9 Å². The fourth-order valence-corrected chi connectivity index (χ4v) is 2.09. The van der Waals surface area contributed by atoms with Gasteiger partial charge in [0.1, 0.15) is 12.1 Å². The van der Waals surface area contributed by atoms with Crippen LogP contribution in [0.15, 0.2) is 16.9 Å². The van der Waals surface area contributed by atoms with Crippen LogP contribution in [0.1, 0.15) is 31.5 Å². The lowest BCUT2D eigenvalue weighted by Gasteiger charge is -2.17. The topological polar surface area (TPSA) is 92.0 Å². The predicted molar refractivity (Wildman–Crippen MR) is 62.6 cm³/mol. The minimum absolute atomic E-state index is 0.412. The molecule has 0 spiro atoms. The minimum Gasteiger partial charge on any atom is -0.396 e. The van der Waals surface area contributed by atoms with Crippen molar-refractivity contribution >= 4 is 5.69 Å². The van der Waals surface area contributed by atoms with Crippen molar-refractivity contribution in [1.29, 1.82) is 0 Å². The second-order valence-corrected chi connectivity index (χ2v) is 4.67. The maximum absolute atomic E-state index is 5.67. The van der Waals surface area contributed by atoms with E-state index < -0.39 is 5.60 Å². The molecule has 0 aliphatic carbocycles. The van der Waals surface area contributed by atoms with E-state index in [2.05, 4.69) is 15.2 Å². The Morgan fingerprint density at radius 1 is 1.56 bits per heavy atom. The van der Waals surface area contributed by atoms with Gasteiger partial charge in [-0.1, -0.05) is 5.16 Å². The van der Waals surface area contributed by atoms with Crippen molar-refractivity contribution < 1.29 is 9.26 Å². The van der Waals surface area contributed by atoms with Crippen molar-refractivity contribution in [3.05, 3.63) is 24.1 Å². The van der Waals surface area contributed by atoms with Crippen molar-refractivity contribution in [2.45, 2.75) is 31.9 Å². The van der Waals surface area contributed by atoms with Crippen LogP contribution < -0.4 is 5.73 Å². The van der Waals surface area contributed by atoms with Crippen LogP contribution in [0.2, 0.25) is 0 Å². The number of nitrogens with zero attached hydrogens (tertiary/aromatic N) is 4. The molecule has 2 aromatic rings. The molecule has 18 heavy (non-hydrogen) atoms. The maximum atomic E-state index is 5.67. The average molecular weight is 249 g/mol. The van der Waals surface area contributed by atoms with E-state index in [0.717, 1.165) is 19.4 Å². The number of aromatic nitrogens is 4. The summed E-state index contributed by atoms with van der Waals surface area (Å²) >= 11 is 0. The molecule has 0 bridgehead atoms. The van der Waals surface area contributed by atoms with Gasteiger partial charge in [0.2, 0.25) is 11.7 Å². The second kappa shape index (κ2) is 4.09. The summed E-state index contributed by atoms with van der Waals surface area (Å²) in [5.74, 6) is 1.11. The highest BCUT2D eigenvalue weighted by atomic mass is 16.5. The van der Waals surface area contributed by atoms with Crippen molar-refractivity contribution in [3.8, 4) is 0 Å². The Balaban J connectivity index is 1.77. The van der Waals surface area contributed by atoms with Gasteiger partial charge < -0.3 is 15.0 Å². The summed E-state index contributed by atoms with van der Waals surface area (Å²) in [6.45, 7) is 3.15. The van der Waals surface area contributed by atoms with Crippen LogP contribution in [0, 0.1) is 0 Å². The molecule has 1 atom stereocenters. The molecule has 7 heteroatoms. The fourth-order valence-electron chi connectivity index (χ4n) is 2.09. The van der Waals surface area contributed by atoms with Gasteiger partial charge in [0, 0.05) is 12.8 Å². The standard InChI is InChI=1S/C11H15N5O2/c1-11(3-2-4-17-11)10-14-9(18-15-10)7-16-6-8(12)5-13-16/h5-6H,2-4,7,12H2,1H3. The highest BCUT2D eigenvalue weighted by molar-refractivity contribution is 5.30. The molecular formula is C11H15N5O2. The van der Waals surface area contributed by atoms with Gasteiger partial charge in [0.05, 0.1) is 11.9 Å². The first kappa shape index (κ1) is 11.2. The SMILES string of the molecule is CC1(c2noc(Cn3cc(N)cn3)n2)CCCO1. The zero-order chi connectivity index (χ0) is 12.6. The lowest BCUT2D eigenvalue weighted by atomic mass is 10.0. The molecule has 2 N–H and O–H groups in total. The van der Waals surface area contributed by atoms with Gasteiger partial charge in [-0.25, -0.2) is 0 Å². The number of anilines is 1. The van der Waals surface area contributed by atoms with Crippen LogP contribution in [-0.4, -0.2) is 26.5 Å². The Hall–Kier alpha value is -1.89. The molecule has 1 aliphatic rings. The average Bonchev–Trinajstić information content (AvgIpc) is 3.02. The third kappa shape index (κ3) is 1.97. The molecule has 1 saturated heterocycles. The minimum atomic E-state index is -0.412. The van der Waals surface area contributed by atoms with Crippen molar-refractivity contribution in [1.82, 2.24) is 19.9 Å². The Morgan fingerprint density at radius 2 is 2.44 bits per heavy atom. The zero-order valence-electron chi connectivity index (χ0n) is 10.2. The Bertz CT molecular complexity index is 541. The molecule has 2 aromatic heterocycles. The molecule has 1 fully saturated rings. The third-order valence-electron chi connectivity index (χ3n) is 3.11. The molecule has 96 valence electrons. The van der Waals surface area contributed by atoms with E-state index in [0.29, 0.717) is 23.9 Å². The number of hydrogen-bond acceptors (Lipinski definition) is 6. The van der Waals surface area contributed by atoms with E-state index in [1.165, 1.54) is 0 Å². The predicted octanol–water partition coefficient (Wildman–Crippen LogP) is 0.922. The van der Waals surface area contributed by atoms with Crippen molar-refractivity contribution in [2.24, 2.45) is 0 Å². The van der Waals surface area contributed by atoms with E-state index in [4.69, 9.17) is 15.0 Å². The smallest absolute Gasteiger partial charge is 0.248 e. The highest BCUT2D eigenvalue weighted by Gasteiger charge is 2.36. The fraction of sp³-hybridized carbons (Fsp3) is 0.545. The number of nitrogen functional groups attached to an aromatic ring is 1. The van der Waals surface area contributed by atoms with Gasteiger partial charge in [-0.2, -0.15) is 10.1 Å². The van der Waals surface area contributed by atoms with Crippen LogP contribution in [0.4, 0.5) is 5.69 Å². The van der Waals surface area contributed by atoms with Gasteiger partial charge in [-0.3, -0.25) is 4.68 Å². The zero-order valence-corrected chi connectivity index (χ0v) is 10.2. The molecule has 3 rings (SSSR count). The van der Waals surface area contributed by atoms with E-state index in [1.54, 1.807) is 17.1 Å². The van der Waals surface area contributed by atoms with Gasteiger partial charge in [0.25, 0.3) is 0 Å². The first-order chi connectivity index (χ1) is 8.66. The molecule has 0 aromatic carbocycles. The maximum Gasteiger partial charge on any atom is 0.248 e. The molecule has 0 amide bonds. The first-order valence-corrected chi connectivity index (χ1v) is 5.91. The lowest BCUT2D eigenvalue weighted by Crippen LogP contribution is -2.21. The Kier molecular flexibility index (Phi) is 2.55. The molecule has 0 saturated carbocycles. The van der Waals surface area contributed by atoms with Crippen molar-refractivity contribution in [3.63, 3.8) is 0 Å². The number of nitrogens with two attached hydrogens (primary N) is 1. The van der Waals surface area contributed by atoms with E-state index in [-0.39, 0.29) is 0 Å². The van der Waals surface area contributed by atoms with Gasteiger partial charge in [-0.05, 0) is 19.8 Å². The number of hydrogen-bond donors (Lipinski definition) is 1. The second-order valence-electron chi connectivity index (χ2n) is 4.67. The molecule has 1 aliphatic heterocycles. The van der Waals surface area contributed by atoms with Crippen LogP contribution >= 0.6 is 0 Å². The quantitative estimate of drug-likeness (QED) is 0.869. The van der Waals surface area contributed by atoms with Crippen LogP contribution in [0.5, 0.6) is 0 Å². The largest absolute Gasteiger partial charge is 0.396 e. The number of ether oxygens (including phenoxy) is 1. The van der Waals surface area contributed by atoms with E-state index in [9.17, 15) is 0 Å². The van der Waals surface area contributed by atoms with Gasteiger partial charge in [-0.15, -0.1) is 0 Å². The summed E-state index contributed by atoms with van der Waals surface area (Å²) in [5.41, 5.74) is 5.79. The van der Waals surface area contributed by atoms with E-state index in [1.807, 2.05) is 6.92 Å². The Morgan fingerprint density at radius 3 is 3.11 bits per heavy atom. The summed E-state index contributed by atoms with van der Waals surface area (Å²) in [7, 11) is 0. The highest BCUT2D eigenvalue weighted by Crippen LogP contribution is 2.33. The van der Waals surface area contributed by atoms with Crippen molar-refractivity contribution in [2.75, 3.05) is 12.3 Å². The van der Waals surface area contributed by atoms with Crippen LogP contribution in [0.25, 0.3) is 0 Å². The first-order valence-electron chi connectivity index (χ1n) is 5.91. The third-order valence-corrected chi connectivity index (χ3v) is 3.11. The summed E-state index contributed by atoms with van der Waals surface area (Å²) in [4.78, 5) is 4.36. The molecule has 1 unspecified atom stereocenters. The van der Waals surface area contributed by atoms with Gasteiger partial charge in [0.15, 0.2) is 0 Å².